The van der Waals surface area contributed by atoms with Crippen molar-refractivity contribution in [1.82, 2.24) is 20.4 Å². The van der Waals surface area contributed by atoms with Crippen molar-refractivity contribution in [2.45, 2.75) is 39.2 Å². The van der Waals surface area contributed by atoms with Crippen molar-refractivity contribution in [3.63, 3.8) is 0 Å². The van der Waals surface area contributed by atoms with Crippen LogP contribution in [0.2, 0.25) is 0 Å². The van der Waals surface area contributed by atoms with Crippen molar-refractivity contribution in [3.8, 4) is 11.5 Å². The zero-order chi connectivity index (χ0) is 18.8. The Kier molecular flexibility index (Phi) is 7.86. The number of benzene rings is 1. The number of hydrogen-bond donors (Lipinski definition) is 1. The summed E-state index contributed by atoms with van der Waals surface area (Å²) in [6, 6.07) is 8.14. The molecular weight excluding hydrogens is 326 g/mol. The summed E-state index contributed by atoms with van der Waals surface area (Å²) in [6.45, 7) is 7.48. The molecule has 0 aliphatic carbocycles. The Balaban J connectivity index is 1.97. The van der Waals surface area contributed by atoms with Crippen LogP contribution in [0.5, 0.6) is 0 Å². The first kappa shape index (κ1) is 19.7. The second-order valence-corrected chi connectivity index (χ2v) is 6.22. The van der Waals surface area contributed by atoms with E-state index in [9.17, 15) is 0 Å². The lowest BCUT2D eigenvalue weighted by molar-refractivity contribution is 0.422. The normalized spacial score (nSPS) is 11.4. The number of unbranched alkanes of at least 4 members (excludes halogenated alkanes) is 1. The van der Waals surface area contributed by atoms with Crippen LogP contribution in [0.4, 0.5) is 0 Å². The third-order valence-electron chi connectivity index (χ3n) is 4.04. The van der Waals surface area contributed by atoms with Gasteiger partial charge >= 0.3 is 0 Å². The molecule has 1 N–H and O–H groups in total. The zero-order valence-corrected chi connectivity index (χ0v) is 16.0. The van der Waals surface area contributed by atoms with Crippen LogP contribution in [0, 0.1) is 0 Å². The van der Waals surface area contributed by atoms with Crippen LogP contribution in [-0.2, 0) is 13.0 Å². The number of rotatable bonds is 9. The quantitative estimate of drug-likeness (QED) is 0.322. The standard InChI is InChI=1S/C20H29N5O/c1-5-7-8-13-25(4)20(21-3)22-15-16-11-9-12-17(14-16)19-23-18(10-6-2)24-26-19/h5,9,11-12,14H,1,6-8,10,13,15H2,2-4H3,(H,21,22). The smallest absolute Gasteiger partial charge is 0.257 e. The summed E-state index contributed by atoms with van der Waals surface area (Å²) < 4.78 is 5.38. The lowest BCUT2D eigenvalue weighted by Gasteiger charge is -2.22. The predicted octanol–water partition coefficient (Wildman–Crippen LogP) is 3.66. The number of hydrogen-bond acceptors (Lipinski definition) is 4. The molecular formula is C20H29N5O. The van der Waals surface area contributed by atoms with Gasteiger partial charge in [0.1, 0.15) is 0 Å². The second kappa shape index (κ2) is 10.4. The topological polar surface area (TPSA) is 66.5 Å². The minimum atomic E-state index is 0.571. The van der Waals surface area contributed by atoms with Crippen molar-refractivity contribution in [2.24, 2.45) is 4.99 Å². The molecule has 140 valence electrons. The highest BCUT2D eigenvalue weighted by atomic mass is 16.5. The van der Waals surface area contributed by atoms with Crippen LogP contribution in [0.3, 0.4) is 0 Å². The first-order chi connectivity index (χ1) is 12.7. The van der Waals surface area contributed by atoms with E-state index in [1.807, 2.05) is 25.3 Å². The summed E-state index contributed by atoms with van der Waals surface area (Å²) in [6.07, 6.45) is 5.85. The molecule has 2 rings (SSSR count). The average Bonchev–Trinajstić information content (AvgIpc) is 3.12. The summed E-state index contributed by atoms with van der Waals surface area (Å²) in [7, 11) is 3.85. The van der Waals surface area contributed by atoms with Crippen molar-refractivity contribution in [1.29, 1.82) is 0 Å². The molecule has 0 radical (unpaired) electrons. The van der Waals surface area contributed by atoms with Crippen molar-refractivity contribution in [2.75, 3.05) is 20.6 Å². The van der Waals surface area contributed by atoms with E-state index in [0.29, 0.717) is 12.4 Å². The monoisotopic (exact) mass is 355 g/mol. The fourth-order valence-electron chi connectivity index (χ4n) is 2.66. The van der Waals surface area contributed by atoms with E-state index in [0.717, 1.165) is 55.1 Å². The van der Waals surface area contributed by atoms with Gasteiger partial charge in [-0.15, -0.1) is 6.58 Å². The van der Waals surface area contributed by atoms with E-state index in [1.54, 1.807) is 7.05 Å². The number of guanidine groups is 1. The van der Waals surface area contributed by atoms with E-state index in [4.69, 9.17) is 4.52 Å². The number of nitrogens with zero attached hydrogens (tertiary/aromatic N) is 4. The molecule has 0 unspecified atom stereocenters. The van der Waals surface area contributed by atoms with Crippen molar-refractivity contribution in [3.05, 3.63) is 48.3 Å². The van der Waals surface area contributed by atoms with Crippen molar-refractivity contribution < 1.29 is 4.52 Å². The number of aromatic nitrogens is 2. The molecule has 0 saturated heterocycles. The molecule has 26 heavy (non-hydrogen) atoms. The maximum absolute atomic E-state index is 5.38. The molecule has 1 heterocycles. The Morgan fingerprint density at radius 1 is 1.42 bits per heavy atom. The van der Waals surface area contributed by atoms with Gasteiger partial charge in [0.2, 0.25) is 0 Å². The van der Waals surface area contributed by atoms with E-state index < -0.39 is 0 Å². The van der Waals surface area contributed by atoms with Gasteiger partial charge in [-0.2, -0.15) is 4.98 Å². The highest BCUT2D eigenvalue weighted by Crippen LogP contribution is 2.19. The van der Waals surface area contributed by atoms with E-state index in [1.165, 1.54) is 0 Å². The highest BCUT2D eigenvalue weighted by Gasteiger charge is 2.10. The van der Waals surface area contributed by atoms with Crippen molar-refractivity contribution >= 4 is 5.96 Å². The molecule has 6 nitrogen and oxygen atoms in total. The Morgan fingerprint density at radius 2 is 2.27 bits per heavy atom. The van der Waals surface area contributed by atoms with Crippen LogP contribution >= 0.6 is 0 Å². The number of allylic oxidation sites excluding steroid dienone is 1. The van der Waals surface area contributed by atoms with Gasteiger partial charge in [0.05, 0.1) is 0 Å². The SMILES string of the molecule is C=CCCCN(C)C(=NC)NCc1cccc(-c2nc(CCC)no2)c1. The first-order valence-corrected chi connectivity index (χ1v) is 9.12. The number of nitrogens with one attached hydrogen (secondary N) is 1. The third-order valence-corrected chi connectivity index (χ3v) is 4.04. The van der Waals surface area contributed by atoms with Gasteiger partial charge in [0.15, 0.2) is 11.8 Å². The molecule has 0 saturated carbocycles. The van der Waals surface area contributed by atoms with Crippen LogP contribution in [-0.4, -0.2) is 41.6 Å². The van der Waals surface area contributed by atoms with Gasteiger partial charge in [-0.05, 0) is 37.0 Å². The Hall–Kier alpha value is -2.63. The highest BCUT2D eigenvalue weighted by molar-refractivity contribution is 5.79. The van der Waals surface area contributed by atoms with Gasteiger partial charge in [-0.3, -0.25) is 4.99 Å². The Bertz CT molecular complexity index is 722. The fourth-order valence-corrected chi connectivity index (χ4v) is 2.66. The molecule has 0 aliphatic rings. The molecule has 2 aromatic rings. The first-order valence-electron chi connectivity index (χ1n) is 9.12. The summed E-state index contributed by atoms with van der Waals surface area (Å²) in [5.41, 5.74) is 2.08. The molecule has 0 amide bonds. The minimum Gasteiger partial charge on any atom is -0.352 e. The van der Waals surface area contributed by atoms with E-state index in [-0.39, 0.29) is 0 Å². The second-order valence-electron chi connectivity index (χ2n) is 6.22. The Labute approximate surface area is 156 Å². The largest absolute Gasteiger partial charge is 0.352 e. The zero-order valence-electron chi connectivity index (χ0n) is 16.0. The number of aliphatic imine (C=N–C) groups is 1. The maximum atomic E-state index is 5.38. The maximum Gasteiger partial charge on any atom is 0.257 e. The molecule has 0 fully saturated rings. The predicted molar refractivity (Wildman–Crippen MR) is 106 cm³/mol. The van der Waals surface area contributed by atoms with E-state index >= 15 is 0 Å². The molecule has 6 heteroatoms. The average molecular weight is 355 g/mol. The molecule has 0 aliphatic heterocycles. The summed E-state index contributed by atoms with van der Waals surface area (Å²) in [5.74, 6) is 2.20. The lowest BCUT2D eigenvalue weighted by Crippen LogP contribution is -2.38. The lowest BCUT2D eigenvalue weighted by atomic mass is 10.1. The van der Waals surface area contributed by atoms with Gasteiger partial charge in [0.25, 0.3) is 5.89 Å². The van der Waals surface area contributed by atoms with Gasteiger partial charge in [-0.1, -0.05) is 30.3 Å². The van der Waals surface area contributed by atoms with Crippen LogP contribution in [0.25, 0.3) is 11.5 Å². The third kappa shape index (κ3) is 5.72. The Morgan fingerprint density at radius 3 is 3.00 bits per heavy atom. The molecule has 0 spiro atoms. The summed E-state index contributed by atoms with van der Waals surface area (Å²) in [4.78, 5) is 10.9. The minimum absolute atomic E-state index is 0.571. The molecule has 0 bridgehead atoms. The summed E-state index contributed by atoms with van der Waals surface area (Å²) in [5, 5.41) is 7.42. The number of aryl methyl sites for hydroxylation is 1. The van der Waals surface area contributed by atoms with Gasteiger partial charge in [0, 0.05) is 39.2 Å². The van der Waals surface area contributed by atoms with Gasteiger partial charge < -0.3 is 14.7 Å². The molecule has 1 aromatic carbocycles. The van der Waals surface area contributed by atoms with E-state index in [2.05, 4.69) is 51.0 Å². The molecule has 0 atom stereocenters. The van der Waals surface area contributed by atoms with Crippen LogP contribution < -0.4 is 5.32 Å². The fraction of sp³-hybridized carbons (Fsp3) is 0.450. The summed E-state index contributed by atoms with van der Waals surface area (Å²) >= 11 is 0. The molecule has 1 aromatic heterocycles. The van der Waals surface area contributed by atoms with Crippen LogP contribution in [0.15, 0.2) is 46.4 Å². The van der Waals surface area contributed by atoms with Crippen LogP contribution in [0.1, 0.15) is 37.6 Å². The van der Waals surface area contributed by atoms with Gasteiger partial charge in [-0.25, -0.2) is 0 Å².